The summed E-state index contributed by atoms with van der Waals surface area (Å²) in [5.41, 5.74) is -2.12. The fourth-order valence-electron chi connectivity index (χ4n) is 6.88. The van der Waals surface area contributed by atoms with Crippen LogP contribution in [0.4, 0.5) is 0 Å². The molecule has 0 aliphatic rings. The number of unbranched alkanes of at least 4 members (excludes halogenated alkanes) is 13. The standard InChI is InChI=1S/C53H96N4O16/c1-51(2,3)71-47(62)26-24-22-20-18-16-14-12-11-13-15-17-19-21-23-25-44(59)56-42(50(65)73-53(7,8)9)28-30-45(60)57-41(49(64)72-52(4,5)6)27-29-43(58)54-31-33-67-35-37-69-39-46(61)55-32-34-68-36-38-70-40-48(63)66-10/h41-42H,11-40H2,1-10H3,(H,54,58)(H,55,61)(H,56,59)(H,57,60)/t41-,42-/m0/s1. The molecule has 0 heterocycles. The van der Waals surface area contributed by atoms with Crippen LogP contribution in [0.15, 0.2) is 0 Å². The molecule has 20 nitrogen and oxygen atoms in total. The zero-order valence-electron chi connectivity index (χ0n) is 46.4. The van der Waals surface area contributed by atoms with E-state index in [1.54, 1.807) is 41.5 Å². The predicted octanol–water partition coefficient (Wildman–Crippen LogP) is 6.25. The monoisotopic (exact) mass is 1040 g/mol. The first-order chi connectivity index (χ1) is 34.4. The first kappa shape index (κ1) is 68.6. The normalized spacial score (nSPS) is 12.5. The van der Waals surface area contributed by atoms with Gasteiger partial charge in [-0.05, 0) is 88.0 Å². The van der Waals surface area contributed by atoms with Crippen molar-refractivity contribution in [3.63, 3.8) is 0 Å². The summed E-state index contributed by atoms with van der Waals surface area (Å²) in [6.07, 6.45) is 15.5. The maximum Gasteiger partial charge on any atom is 0.331 e. The lowest BCUT2D eigenvalue weighted by Gasteiger charge is -2.26. The van der Waals surface area contributed by atoms with Crippen LogP contribution in [-0.4, -0.2) is 149 Å². The van der Waals surface area contributed by atoms with Gasteiger partial charge >= 0.3 is 23.9 Å². The summed E-state index contributed by atoms with van der Waals surface area (Å²) in [5.74, 6) is -3.57. The van der Waals surface area contributed by atoms with E-state index in [1.807, 2.05) is 20.8 Å². The summed E-state index contributed by atoms with van der Waals surface area (Å²) in [6.45, 7) is 17.2. The lowest BCUT2D eigenvalue weighted by atomic mass is 10.0. The Labute approximate surface area is 436 Å². The van der Waals surface area contributed by atoms with Crippen LogP contribution in [0.3, 0.4) is 0 Å². The molecule has 0 radical (unpaired) electrons. The maximum atomic E-state index is 13.3. The van der Waals surface area contributed by atoms with Crippen LogP contribution >= 0.6 is 0 Å². The number of hydrogen-bond acceptors (Lipinski definition) is 16. The second-order valence-corrected chi connectivity index (χ2v) is 21.0. The number of esters is 4. The van der Waals surface area contributed by atoms with Crippen molar-refractivity contribution in [2.24, 2.45) is 0 Å². The smallest absolute Gasteiger partial charge is 0.331 e. The van der Waals surface area contributed by atoms with E-state index in [1.165, 1.54) is 45.6 Å². The predicted molar refractivity (Wildman–Crippen MR) is 275 cm³/mol. The van der Waals surface area contributed by atoms with Crippen molar-refractivity contribution in [3.8, 4) is 0 Å². The molecule has 0 spiro atoms. The van der Waals surface area contributed by atoms with E-state index < -0.39 is 52.7 Å². The zero-order valence-corrected chi connectivity index (χ0v) is 46.4. The molecule has 0 aliphatic heterocycles. The minimum atomic E-state index is -1.16. The number of rotatable bonds is 43. The highest BCUT2D eigenvalue weighted by Crippen LogP contribution is 2.17. The molecule has 0 bridgehead atoms. The number of carbonyl (C=O) groups is 8. The Kier molecular flexibility index (Phi) is 38.5. The molecule has 0 saturated heterocycles. The molecule has 4 amide bonds. The fourth-order valence-corrected chi connectivity index (χ4v) is 6.88. The molecular formula is C53H96N4O16. The number of ether oxygens (including phenoxy) is 8. The van der Waals surface area contributed by atoms with E-state index in [2.05, 4.69) is 26.0 Å². The second-order valence-electron chi connectivity index (χ2n) is 21.0. The Morgan fingerprint density at radius 3 is 1.15 bits per heavy atom. The highest BCUT2D eigenvalue weighted by atomic mass is 16.6. The van der Waals surface area contributed by atoms with Crippen LogP contribution in [0.1, 0.15) is 191 Å². The summed E-state index contributed by atoms with van der Waals surface area (Å²) >= 11 is 0. The van der Waals surface area contributed by atoms with Gasteiger partial charge in [0.2, 0.25) is 23.6 Å². The largest absolute Gasteiger partial charge is 0.467 e. The summed E-state index contributed by atoms with van der Waals surface area (Å²) in [6, 6.07) is -2.24. The number of amides is 4. The maximum absolute atomic E-state index is 13.3. The minimum Gasteiger partial charge on any atom is -0.467 e. The van der Waals surface area contributed by atoms with E-state index in [9.17, 15) is 38.4 Å². The van der Waals surface area contributed by atoms with E-state index in [0.717, 1.165) is 44.9 Å². The highest BCUT2D eigenvalue weighted by molar-refractivity contribution is 5.87. The quantitative estimate of drug-likeness (QED) is 0.0299. The topological polar surface area (TPSA) is 259 Å². The first-order valence-electron chi connectivity index (χ1n) is 26.6. The van der Waals surface area contributed by atoms with Gasteiger partial charge < -0.3 is 59.2 Å². The van der Waals surface area contributed by atoms with Crippen molar-refractivity contribution >= 4 is 47.5 Å². The van der Waals surface area contributed by atoms with Crippen molar-refractivity contribution in [3.05, 3.63) is 0 Å². The van der Waals surface area contributed by atoms with Crippen molar-refractivity contribution < 1.29 is 76.3 Å². The Balaban J connectivity index is 4.59. The lowest BCUT2D eigenvalue weighted by Crippen LogP contribution is -2.47. The molecule has 73 heavy (non-hydrogen) atoms. The third kappa shape index (κ3) is 45.9. The number of carbonyl (C=O) groups excluding carboxylic acids is 8. The van der Waals surface area contributed by atoms with Gasteiger partial charge in [-0.15, -0.1) is 0 Å². The second kappa shape index (κ2) is 40.9. The van der Waals surface area contributed by atoms with Crippen LogP contribution in [0.25, 0.3) is 0 Å². The van der Waals surface area contributed by atoms with Crippen molar-refractivity contribution in [1.82, 2.24) is 21.3 Å². The summed E-state index contributed by atoms with van der Waals surface area (Å²) in [7, 11) is 1.27. The van der Waals surface area contributed by atoms with Gasteiger partial charge in [0.05, 0.1) is 46.8 Å². The molecule has 2 atom stereocenters. The van der Waals surface area contributed by atoms with Gasteiger partial charge in [0, 0.05) is 38.8 Å². The molecule has 0 aromatic rings. The molecule has 0 aliphatic carbocycles. The van der Waals surface area contributed by atoms with Crippen LogP contribution in [0.2, 0.25) is 0 Å². The Morgan fingerprint density at radius 1 is 0.370 bits per heavy atom. The van der Waals surface area contributed by atoms with Gasteiger partial charge in [-0.25, -0.2) is 14.4 Å². The zero-order chi connectivity index (χ0) is 55.0. The molecule has 20 heteroatoms. The summed E-state index contributed by atoms with van der Waals surface area (Å²) in [5, 5.41) is 10.8. The molecule has 0 saturated carbocycles. The van der Waals surface area contributed by atoms with Crippen LogP contribution in [0.5, 0.6) is 0 Å². The van der Waals surface area contributed by atoms with Crippen molar-refractivity contribution in [1.29, 1.82) is 0 Å². The molecule has 0 fully saturated rings. The Hall–Kier alpha value is -4.40. The molecular weight excluding hydrogens is 949 g/mol. The van der Waals surface area contributed by atoms with Gasteiger partial charge in [-0.2, -0.15) is 0 Å². The van der Waals surface area contributed by atoms with Crippen LogP contribution < -0.4 is 21.3 Å². The average molecular weight is 1050 g/mol. The van der Waals surface area contributed by atoms with Gasteiger partial charge in [0.1, 0.15) is 42.1 Å². The van der Waals surface area contributed by atoms with E-state index in [0.29, 0.717) is 12.8 Å². The summed E-state index contributed by atoms with van der Waals surface area (Å²) < 4.78 is 42.0. The fraction of sp³-hybridized carbons (Fsp3) is 0.849. The molecule has 0 aromatic heterocycles. The third-order valence-corrected chi connectivity index (χ3v) is 10.4. The number of hydrogen-bond donors (Lipinski definition) is 4. The van der Waals surface area contributed by atoms with E-state index in [4.69, 9.17) is 33.2 Å². The average Bonchev–Trinajstić information content (AvgIpc) is 3.28. The molecule has 0 rings (SSSR count). The minimum absolute atomic E-state index is 0.0605. The Bertz CT molecular complexity index is 1570. The van der Waals surface area contributed by atoms with Gasteiger partial charge in [0.15, 0.2) is 0 Å². The molecule has 0 unspecified atom stereocenters. The molecule has 4 N–H and O–H groups in total. The van der Waals surface area contributed by atoms with Gasteiger partial charge in [0.25, 0.3) is 0 Å². The first-order valence-corrected chi connectivity index (χ1v) is 26.6. The van der Waals surface area contributed by atoms with Gasteiger partial charge in [-0.3, -0.25) is 24.0 Å². The van der Waals surface area contributed by atoms with Crippen molar-refractivity contribution in [2.45, 2.75) is 220 Å². The lowest BCUT2D eigenvalue weighted by molar-refractivity contribution is -0.160. The van der Waals surface area contributed by atoms with E-state index in [-0.39, 0.29) is 122 Å². The van der Waals surface area contributed by atoms with Crippen LogP contribution in [-0.2, 0) is 76.3 Å². The Morgan fingerprint density at radius 2 is 0.726 bits per heavy atom. The summed E-state index contributed by atoms with van der Waals surface area (Å²) in [4.78, 5) is 100.0. The van der Waals surface area contributed by atoms with Gasteiger partial charge in [-0.1, -0.05) is 77.0 Å². The molecule has 0 aromatic carbocycles. The highest BCUT2D eigenvalue weighted by Gasteiger charge is 2.30. The SMILES string of the molecule is COC(=O)COCCOCCNC(=O)COCCOCCNC(=O)CC[C@H](NC(=O)CC[C@H](NC(=O)CCCCCCCCCCCCCCCCC(=O)OC(C)(C)C)C(=O)OC(C)(C)C)C(=O)OC(C)(C)C. The van der Waals surface area contributed by atoms with Crippen LogP contribution in [0, 0.1) is 0 Å². The van der Waals surface area contributed by atoms with Crippen molar-refractivity contribution in [2.75, 3.05) is 73.1 Å². The number of nitrogens with one attached hydrogen (secondary N) is 4. The number of methoxy groups -OCH3 is 1. The molecule has 424 valence electrons. The van der Waals surface area contributed by atoms with E-state index >= 15 is 0 Å². The third-order valence-electron chi connectivity index (χ3n) is 10.4.